The smallest absolute Gasteiger partial charge is 0.191 e. The summed E-state index contributed by atoms with van der Waals surface area (Å²) in [5, 5.41) is 15.0. The van der Waals surface area contributed by atoms with Gasteiger partial charge in [-0.2, -0.15) is 0 Å². The van der Waals surface area contributed by atoms with Crippen LogP contribution in [0, 0.1) is 0 Å². The fourth-order valence-electron chi connectivity index (χ4n) is 2.77. The highest BCUT2D eigenvalue weighted by Gasteiger charge is 2.07. The van der Waals surface area contributed by atoms with E-state index < -0.39 is 0 Å². The number of fused-ring (bicyclic) bond motifs is 1. The number of hydrogen-bond acceptors (Lipinski definition) is 5. The molecule has 3 rings (SSSR count). The zero-order chi connectivity index (χ0) is 19.8. The molecule has 0 aliphatic heterocycles. The van der Waals surface area contributed by atoms with Gasteiger partial charge in [0, 0.05) is 12.7 Å². The van der Waals surface area contributed by atoms with Crippen molar-refractivity contribution in [2.75, 3.05) is 20.3 Å². The maximum absolute atomic E-state index is 5.64. The quantitative estimate of drug-likeness (QED) is 0.276. The van der Waals surface area contributed by atoms with Gasteiger partial charge in [0.1, 0.15) is 0 Å². The minimum atomic E-state index is 0. The molecule has 0 aliphatic rings. The molecule has 0 atom stereocenters. The van der Waals surface area contributed by atoms with Crippen LogP contribution in [0.4, 0.5) is 0 Å². The van der Waals surface area contributed by atoms with E-state index in [4.69, 9.17) is 9.47 Å². The van der Waals surface area contributed by atoms with Crippen molar-refractivity contribution in [3.63, 3.8) is 0 Å². The van der Waals surface area contributed by atoms with Crippen LogP contribution in [0.1, 0.15) is 25.2 Å². The first-order chi connectivity index (χ1) is 13.7. The zero-order valence-electron chi connectivity index (χ0n) is 16.9. The molecule has 0 spiro atoms. The second-order valence-electron chi connectivity index (χ2n) is 6.01. The molecule has 0 bridgehead atoms. The minimum Gasteiger partial charge on any atom is -0.493 e. The van der Waals surface area contributed by atoms with Gasteiger partial charge in [0.2, 0.25) is 0 Å². The van der Waals surface area contributed by atoms with Crippen LogP contribution in [0.5, 0.6) is 11.5 Å². The Balaban J connectivity index is 0.00000300. The van der Waals surface area contributed by atoms with E-state index >= 15 is 0 Å². The molecule has 0 amide bonds. The van der Waals surface area contributed by atoms with E-state index in [-0.39, 0.29) is 24.0 Å². The molecule has 0 saturated carbocycles. The van der Waals surface area contributed by atoms with Crippen LogP contribution in [-0.4, -0.2) is 40.8 Å². The minimum absolute atomic E-state index is 0. The Labute approximate surface area is 187 Å². The maximum atomic E-state index is 5.64. The highest BCUT2D eigenvalue weighted by molar-refractivity contribution is 14.0. The molecule has 0 aliphatic carbocycles. The average molecular weight is 510 g/mol. The molecule has 2 N–H and O–H groups in total. The molecule has 0 unspecified atom stereocenters. The summed E-state index contributed by atoms with van der Waals surface area (Å²) in [6.07, 6.45) is 1.95. The summed E-state index contributed by atoms with van der Waals surface area (Å²) in [5.41, 5.74) is 1.86. The van der Waals surface area contributed by atoms with Gasteiger partial charge in [-0.05, 0) is 43.7 Å². The number of rotatable bonds is 8. The van der Waals surface area contributed by atoms with Gasteiger partial charge in [-0.1, -0.05) is 12.1 Å². The molecule has 2 aromatic heterocycles. The van der Waals surface area contributed by atoms with Gasteiger partial charge in [0.15, 0.2) is 28.9 Å². The number of halogens is 1. The number of pyridine rings is 1. The van der Waals surface area contributed by atoms with E-state index in [1.807, 2.05) is 60.8 Å². The Morgan fingerprint density at radius 1 is 1.10 bits per heavy atom. The maximum Gasteiger partial charge on any atom is 0.191 e. The highest BCUT2D eigenvalue weighted by Crippen LogP contribution is 2.28. The lowest BCUT2D eigenvalue weighted by molar-refractivity contribution is 0.310. The number of nitrogens with zero attached hydrogens (tertiary/aromatic N) is 4. The lowest BCUT2D eigenvalue weighted by atomic mass is 10.2. The van der Waals surface area contributed by atoms with E-state index in [1.165, 1.54) is 0 Å². The van der Waals surface area contributed by atoms with Crippen molar-refractivity contribution >= 4 is 35.6 Å². The van der Waals surface area contributed by atoms with E-state index in [9.17, 15) is 0 Å². The summed E-state index contributed by atoms with van der Waals surface area (Å²) in [6, 6.07) is 11.7. The normalized spacial score (nSPS) is 11.1. The van der Waals surface area contributed by atoms with Crippen molar-refractivity contribution in [1.29, 1.82) is 0 Å². The molecule has 2 heterocycles. The first-order valence-electron chi connectivity index (χ1n) is 9.35. The second kappa shape index (κ2) is 11.4. The molecule has 8 nitrogen and oxygen atoms in total. The summed E-state index contributed by atoms with van der Waals surface area (Å²) < 4.78 is 12.9. The third-order valence-corrected chi connectivity index (χ3v) is 4.09. The van der Waals surface area contributed by atoms with E-state index in [1.54, 1.807) is 7.11 Å². The number of aromatic nitrogens is 3. The van der Waals surface area contributed by atoms with Crippen LogP contribution in [0.3, 0.4) is 0 Å². The van der Waals surface area contributed by atoms with E-state index in [2.05, 4.69) is 25.8 Å². The summed E-state index contributed by atoms with van der Waals surface area (Å²) in [6.45, 7) is 6.36. The molecule has 156 valence electrons. The summed E-state index contributed by atoms with van der Waals surface area (Å²) >= 11 is 0. The van der Waals surface area contributed by atoms with Crippen molar-refractivity contribution in [3.05, 3.63) is 54.0 Å². The largest absolute Gasteiger partial charge is 0.493 e. The third-order valence-electron chi connectivity index (χ3n) is 4.09. The van der Waals surface area contributed by atoms with Crippen LogP contribution in [0.15, 0.2) is 47.6 Å². The fourth-order valence-corrected chi connectivity index (χ4v) is 2.77. The fraction of sp³-hybridized carbons (Fsp3) is 0.350. The first kappa shape index (κ1) is 22.7. The number of ether oxygens (including phenoxy) is 2. The monoisotopic (exact) mass is 510 g/mol. The predicted molar refractivity (Wildman–Crippen MR) is 124 cm³/mol. The van der Waals surface area contributed by atoms with Crippen molar-refractivity contribution in [2.45, 2.75) is 26.9 Å². The molecule has 0 radical (unpaired) electrons. The number of hydrogen-bond donors (Lipinski definition) is 2. The Bertz CT molecular complexity index is 944. The molecule has 3 aromatic rings. The van der Waals surface area contributed by atoms with Crippen LogP contribution in [-0.2, 0) is 13.1 Å². The van der Waals surface area contributed by atoms with Crippen molar-refractivity contribution in [1.82, 2.24) is 25.2 Å². The summed E-state index contributed by atoms with van der Waals surface area (Å²) in [5.74, 6) is 2.98. The molecule has 9 heteroatoms. The highest BCUT2D eigenvalue weighted by atomic mass is 127. The molecule has 0 saturated heterocycles. The number of aliphatic imine (C=N–C) groups is 1. The number of benzene rings is 1. The molecule has 29 heavy (non-hydrogen) atoms. The van der Waals surface area contributed by atoms with Gasteiger partial charge in [0.25, 0.3) is 0 Å². The number of guanidine groups is 1. The van der Waals surface area contributed by atoms with Crippen molar-refractivity contribution in [2.24, 2.45) is 4.99 Å². The standard InChI is InChI=1S/C20H26N6O2.HI/c1-4-21-20(23-14-19-25-24-18-8-6-7-11-26(18)19)22-13-15-9-10-16(27-3)17(12-15)28-5-2;/h6-12H,4-5,13-14H2,1-3H3,(H2,21,22,23);1H. The average Bonchev–Trinajstić information content (AvgIpc) is 3.14. The van der Waals surface area contributed by atoms with E-state index in [0.717, 1.165) is 35.1 Å². The first-order valence-corrected chi connectivity index (χ1v) is 9.35. The molecule has 0 fully saturated rings. The molecule has 1 aromatic carbocycles. The van der Waals surface area contributed by atoms with Gasteiger partial charge in [-0.15, -0.1) is 34.2 Å². The lowest BCUT2D eigenvalue weighted by Gasteiger charge is -2.12. The molecular weight excluding hydrogens is 483 g/mol. The zero-order valence-corrected chi connectivity index (χ0v) is 19.2. The lowest BCUT2D eigenvalue weighted by Crippen LogP contribution is -2.37. The number of methoxy groups -OCH3 is 1. The third kappa shape index (κ3) is 5.96. The van der Waals surface area contributed by atoms with Crippen molar-refractivity contribution < 1.29 is 9.47 Å². The van der Waals surface area contributed by atoms with E-state index in [0.29, 0.717) is 25.7 Å². The SMILES string of the molecule is CCNC(=NCc1ccc(OC)c(OCC)c1)NCc1nnc2ccccn12.I. The molecular formula is C20H27IN6O2. The van der Waals surface area contributed by atoms with Gasteiger partial charge in [0.05, 0.1) is 26.8 Å². The Kier molecular flexibility index (Phi) is 8.97. The van der Waals surface area contributed by atoms with Crippen LogP contribution >= 0.6 is 24.0 Å². The predicted octanol–water partition coefficient (Wildman–Crippen LogP) is 3.01. The Hall–Kier alpha value is -2.56. The van der Waals surface area contributed by atoms with Gasteiger partial charge in [-0.3, -0.25) is 4.40 Å². The summed E-state index contributed by atoms with van der Waals surface area (Å²) in [4.78, 5) is 4.66. The van der Waals surface area contributed by atoms with Gasteiger partial charge < -0.3 is 20.1 Å². The Morgan fingerprint density at radius 3 is 2.72 bits per heavy atom. The van der Waals surface area contributed by atoms with Gasteiger partial charge >= 0.3 is 0 Å². The Morgan fingerprint density at radius 2 is 1.97 bits per heavy atom. The van der Waals surface area contributed by atoms with Crippen LogP contribution in [0.2, 0.25) is 0 Å². The topological polar surface area (TPSA) is 85.1 Å². The van der Waals surface area contributed by atoms with Crippen LogP contribution in [0.25, 0.3) is 5.65 Å². The summed E-state index contributed by atoms with van der Waals surface area (Å²) in [7, 11) is 1.64. The van der Waals surface area contributed by atoms with Gasteiger partial charge in [-0.25, -0.2) is 4.99 Å². The van der Waals surface area contributed by atoms with Crippen LogP contribution < -0.4 is 20.1 Å². The second-order valence-corrected chi connectivity index (χ2v) is 6.01. The van der Waals surface area contributed by atoms with Crippen molar-refractivity contribution in [3.8, 4) is 11.5 Å². The number of nitrogens with one attached hydrogen (secondary N) is 2.